The number of carbonyl (C=O) groups is 1. The minimum atomic E-state index is -0.322. The van der Waals surface area contributed by atoms with Crippen molar-refractivity contribution in [3.05, 3.63) is 70.0 Å². The van der Waals surface area contributed by atoms with Crippen LogP contribution in [-0.2, 0) is 11.3 Å². The van der Waals surface area contributed by atoms with E-state index in [9.17, 15) is 9.59 Å². The van der Waals surface area contributed by atoms with E-state index in [4.69, 9.17) is 21.1 Å². The standard InChI is InChI=1S/C23H21ClN4O4/c24-17-3-1-2-4-19(17)26-9-11-27(12-10-26)23(30)14-28-22(29)8-6-18(25-28)16-5-7-20-21(13-16)32-15-31-20/h1-8,13H,9-12,14-15H2. The number of rotatable bonds is 4. The van der Waals surface area contributed by atoms with Crippen LogP contribution in [0.4, 0.5) is 5.69 Å². The number of ether oxygens (including phenoxy) is 2. The summed E-state index contributed by atoms with van der Waals surface area (Å²) >= 11 is 6.29. The van der Waals surface area contributed by atoms with E-state index in [1.54, 1.807) is 17.0 Å². The number of nitrogens with zero attached hydrogens (tertiary/aromatic N) is 4. The lowest BCUT2D eigenvalue weighted by Crippen LogP contribution is -2.50. The van der Waals surface area contributed by atoms with Crippen molar-refractivity contribution in [1.29, 1.82) is 0 Å². The van der Waals surface area contributed by atoms with Crippen molar-refractivity contribution in [1.82, 2.24) is 14.7 Å². The SMILES string of the molecule is O=C(Cn1nc(-c2ccc3c(c2)OCO3)ccc1=O)N1CCN(c2ccccc2Cl)CC1. The van der Waals surface area contributed by atoms with Gasteiger partial charge in [0.1, 0.15) is 6.54 Å². The van der Waals surface area contributed by atoms with E-state index in [2.05, 4.69) is 10.00 Å². The van der Waals surface area contributed by atoms with Crippen LogP contribution in [0.3, 0.4) is 0 Å². The minimum absolute atomic E-state index is 0.108. The van der Waals surface area contributed by atoms with Gasteiger partial charge >= 0.3 is 0 Å². The average Bonchev–Trinajstić information content (AvgIpc) is 3.29. The number of para-hydroxylation sites is 1. The molecule has 0 N–H and O–H groups in total. The van der Waals surface area contributed by atoms with Crippen LogP contribution < -0.4 is 19.9 Å². The highest BCUT2D eigenvalue weighted by Gasteiger charge is 2.23. The number of carbonyl (C=O) groups excluding carboxylic acids is 1. The van der Waals surface area contributed by atoms with Gasteiger partial charge in [0, 0.05) is 37.8 Å². The molecule has 3 heterocycles. The monoisotopic (exact) mass is 452 g/mol. The van der Waals surface area contributed by atoms with Crippen molar-refractivity contribution < 1.29 is 14.3 Å². The Morgan fingerprint density at radius 2 is 1.75 bits per heavy atom. The fourth-order valence-electron chi connectivity index (χ4n) is 3.91. The Labute approximate surface area is 189 Å². The van der Waals surface area contributed by atoms with Crippen LogP contribution in [0.1, 0.15) is 0 Å². The molecule has 2 aliphatic rings. The van der Waals surface area contributed by atoms with Gasteiger partial charge in [0.25, 0.3) is 5.56 Å². The molecule has 0 unspecified atom stereocenters. The summed E-state index contributed by atoms with van der Waals surface area (Å²) in [5.41, 5.74) is 2.01. The van der Waals surface area contributed by atoms with E-state index in [0.29, 0.717) is 48.4 Å². The molecule has 1 aromatic heterocycles. The molecule has 2 aliphatic heterocycles. The molecule has 32 heavy (non-hydrogen) atoms. The fourth-order valence-corrected chi connectivity index (χ4v) is 4.16. The van der Waals surface area contributed by atoms with Crippen LogP contribution >= 0.6 is 11.6 Å². The maximum absolute atomic E-state index is 12.9. The van der Waals surface area contributed by atoms with E-state index < -0.39 is 0 Å². The van der Waals surface area contributed by atoms with Gasteiger partial charge in [0.05, 0.1) is 16.4 Å². The second kappa shape index (κ2) is 8.55. The van der Waals surface area contributed by atoms with Crippen molar-refractivity contribution >= 4 is 23.2 Å². The van der Waals surface area contributed by atoms with E-state index in [-0.39, 0.29) is 24.8 Å². The molecule has 0 bridgehead atoms. The minimum Gasteiger partial charge on any atom is -0.454 e. The number of anilines is 1. The maximum Gasteiger partial charge on any atom is 0.267 e. The van der Waals surface area contributed by atoms with E-state index in [0.717, 1.165) is 11.3 Å². The molecule has 0 atom stereocenters. The first-order valence-corrected chi connectivity index (χ1v) is 10.7. The number of halogens is 1. The van der Waals surface area contributed by atoms with E-state index in [1.807, 2.05) is 36.4 Å². The molecule has 0 spiro atoms. The maximum atomic E-state index is 12.9. The van der Waals surface area contributed by atoms with Crippen molar-refractivity contribution in [2.24, 2.45) is 0 Å². The Balaban J connectivity index is 1.27. The van der Waals surface area contributed by atoms with Crippen LogP contribution in [0, 0.1) is 0 Å². The molecule has 3 aromatic rings. The second-order valence-corrected chi connectivity index (χ2v) is 8.01. The zero-order valence-electron chi connectivity index (χ0n) is 17.2. The summed E-state index contributed by atoms with van der Waals surface area (Å²) in [6.07, 6.45) is 0. The van der Waals surface area contributed by atoms with Crippen LogP contribution in [0.2, 0.25) is 5.02 Å². The molecule has 1 fully saturated rings. The fraction of sp³-hybridized carbons (Fsp3) is 0.261. The molecule has 0 aliphatic carbocycles. The predicted molar refractivity (Wildman–Crippen MR) is 120 cm³/mol. The van der Waals surface area contributed by atoms with Gasteiger partial charge in [0.15, 0.2) is 11.5 Å². The number of hydrogen-bond donors (Lipinski definition) is 0. The first-order chi connectivity index (χ1) is 15.6. The van der Waals surface area contributed by atoms with Gasteiger partial charge in [-0.25, -0.2) is 4.68 Å². The average molecular weight is 453 g/mol. The highest BCUT2D eigenvalue weighted by Crippen LogP contribution is 2.35. The molecular weight excluding hydrogens is 432 g/mol. The van der Waals surface area contributed by atoms with Gasteiger partial charge in [0.2, 0.25) is 12.7 Å². The lowest BCUT2D eigenvalue weighted by atomic mass is 10.1. The molecule has 1 amide bonds. The molecule has 9 heteroatoms. The first kappa shape index (κ1) is 20.4. The van der Waals surface area contributed by atoms with Crippen molar-refractivity contribution in [3.8, 4) is 22.8 Å². The molecule has 8 nitrogen and oxygen atoms in total. The van der Waals surface area contributed by atoms with Crippen molar-refractivity contribution in [2.45, 2.75) is 6.54 Å². The van der Waals surface area contributed by atoms with Crippen LogP contribution in [0.5, 0.6) is 11.5 Å². The Hall–Kier alpha value is -3.52. The number of piperazine rings is 1. The summed E-state index contributed by atoms with van der Waals surface area (Å²) in [6.45, 7) is 2.54. The molecule has 0 saturated carbocycles. The van der Waals surface area contributed by atoms with Crippen LogP contribution in [0.25, 0.3) is 11.3 Å². The summed E-state index contributed by atoms with van der Waals surface area (Å²) in [7, 11) is 0. The van der Waals surface area contributed by atoms with Gasteiger partial charge in [-0.1, -0.05) is 23.7 Å². The Morgan fingerprint density at radius 1 is 0.969 bits per heavy atom. The molecule has 164 valence electrons. The molecule has 5 rings (SSSR count). The number of fused-ring (bicyclic) bond motifs is 1. The summed E-state index contributed by atoms with van der Waals surface area (Å²) in [5.74, 6) is 1.17. The zero-order valence-corrected chi connectivity index (χ0v) is 18.0. The summed E-state index contributed by atoms with van der Waals surface area (Å²) in [4.78, 5) is 29.1. The number of benzene rings is 2. The van der Waals surface area contributed by atoms with Gasteiger partial charge in [-0.15, -0.1) is 0 Å². The Bertz CT molecular complexity index is 1220. The van der Waals surface area contributed by atoms with Crippen molar-refractivity contribution in [3.63, 3.8) is 0 Å². The summed E-state index contributed by atoms with van der Waals surface area (Å²) in [5, 5.41) is 5.11. The largest absolute Gasteiger partial charge is 0.454 e. The molecular formula is C23H21ClN4O4. The van der Waals surface area contributed by atoms with Gasteiger partial charge in [-0.05, 0) is 36.4 Å². The predicted octanol–water partition coefficient (Wildman–Crippen LogP) is 2.64. The highest BCUT2D eigenvalue weighted by atomic mass is 35.5. The molecule has 0 radical (unpaired) electrons. The van der Waals surface area contributed by atoms with Crippen LogP contribution in [-0.4, -0.2) is 53.6 Å². The number of aromatic nitrogens is 2. The lowest BCUT2D eigenvalue weighted by molar-refractivity contribution is -0.132. The summed E-state index contributed by atoms with van der Waals surface area (Å²) < 4.78 is 12.0. The number of hydrogen-bond acceptors (Lipinski definition) is 6. The van der Waals surface area contributed by atoms with Gasteiger partial charge < -0.3 is 19.3 Å². The number of amides is 1. The van der Waals surface area contributed by atoms with Gasteiger partial charge in [-0.2, -0.15) is 5.10 Å². The Morgan fingerprint density at radius 3 is 2.56 bits per heavy atom. The smallest absolute Gasteiger partial charge is 0.267 e. The van der Waals surface area contributed by atoms with E-state index >= 15 is 0 Å². The first-order valence-electron chi connectivity index (χ1n) is 10.3. The zero-order chi connectivity index (χ0) is 22.1. The van der Waals surface area contributed by atoms with E-state index in [1.165, 1.54) is 10.7 Å². The summed E-state index contributed by atoms with van der Waals surface area (Å²) in [6, 6.07) is 16.2. The lowest BCUT2D eigenvalue weighted by Gasteiger charge is -2.36. The normalized spacial score (nSPS) is 15.2. The Kier molecular flexibility index (Phi) is 5.45. The topological polar surface area (TPSA) is 76.9 Å². The molecule has 1 saturated heterocycles. The third-order valence-electron chi connectivity index (χ3n) is 5.65. The third kappa shape index (κ3) is 4.01. The quantitative estimate of drug-likeness (QED) is 0.605. The van der Waals surface area contributed by atoms with Crippen LogP contribution in [0.15, 0.2) is 59.4 Å². The third-order valence-corrected chi connectivity index (χ3v) is 5.97. The second-order valence-electron chi connectivity index (χ2n) is 7.60. The highest BCUT2D eigenvalue weighted by molar-refractivity contribution is 6.33. The van der Waals surface area contributed by atoms with Gasteiger partial charge in [-0.3, -0.25) is 9.59 Å². The van der Waals surface area contributed by atoms with Crippen molar-refractivity contribution in [2.75, 3.05) is 37.9 Å². The molecule has 2 aromatic carbocycles.